The van der Waals surface area contributed by atoms with Crippen molar-refractivity contribution in [2.24, 2.45) is 0 Å². The highest BCUT2D eigenvalue weighted by Gasteiger charge is 2.01. The smallest absolute Gasteiger partial charge is 0.0568 e. The van der Waals surface area contributed by atoms with E-state index in [9.17, 15) is 0 Å². The molecule has 1 heterocycles. The standard InChI is InChI=1S/C12H14ClN3/c1-14-6-7-16-9-11(8-15-16)10-2-4-12(13)5-3-10/h2-5,8-9,14H,6-7H2,1H3. The van der Waals surface area contributed by atoms with E-state index in [0.717, 1.165) is 29.2 Å². The van der Waals surface area contributed by atoms with E-state index in [1.807, 2.05) is 48.4 Å². The van der Waals surface area contributed by atoms with Crippen molar-refractivity contribution < 1.29 is 0 Å². The first-order chi connectivity index (χ1) is 7.79. The van der Waals surface area contributed by atoms with Crippen LogP contribution in [0.4, 0.5) is 0 Å². The molecule has 1 aromatic carbocycles. The van der Waals surface area contributed by atoms with Gasteiger partial charge in [0.05, 0.1) is 12.7 Å². The molecule has 0 aliphatic heterocycles. The molecule has 0 spiro atoms. The first-order valence-electron chi connectivity index (χ1n) is 5.22. The van der Waals surface area contributed by atoms with Gasteiger partial charge < -0.3 is 5.32 Å². The molecule has 4 heteroatoms. The largest absolute Gasteiger partial charge is 0.318 e. The Morgan fingerprint density at radius 1 is 1.25 bits per heavy atom. The maximum Gasteiger partial charge on any atom is 0.0568 e. The van der Waals surface area contributed by atoms with Gasteiger partial charge in [0, 0.05) is 23.3 Å². The molecule has 0 unspecified atom stereocenters. The predicted molar refractivity (Wildman–Crippen MR) is 66.6 cm³/mol. The molecular weight excluding hydrogens is 222 g/mol. The Bertz CT molecular complexity index is 448. The topological polar surface area (TPSA) is 29.9 Å². The molecule has 1 aromatic heterocycles. The highest BCUT2D eigenvalue weighted by atomic mass is 35.5. The zero-order valence-electron chi connectivity index (χ0n) is 9.15. The minimum Gasteiger partial charge on any atom is -0.318 e. The average molecular weight is 236 g/mol. The quantitative estimate of drug-likeness (QED) is 0.882. The van der Waals surface area contributed by atoms with E-state index < -0.39 is 0 Å². The predicted octanol–water partition coefficient (Wildman–Crippen LogP) is 2.42. The van der Waals surface area contributed by atoms with Crippen molar-refractivity contribution in [3.8, 4) is 11.1 Å². The second kappa shape index (κ2) is 5.14. The number of hydrogen-bond acceptors (Lipinski definition) is 2. The van der Waals surface area contributed by atoms with Crippen LogP contribution in [0.1, 0.15) is 0 Å². The van der Waals surface area contributed by atoms with Crippen molar-refractivity contribution >= 4 is 11.6 Å². The van der Waals surface area contributed by atoms with Crippen molar-refractivity contribution in [2.75, 3.05) is 13.6 Å². The van der Waals surface area contributed by atoms with E-state index in [2.05, 4.69) is 10.4 Å². The summed E-state index contributed by atoms with van der Waals surface area (Å²) in [6.45, 7) is 1.80. The van der Waals surface area contributed by atoms with Crippen LogP contribution in [0.15, 0.2) is 36.7 Å². The lowest BCUT2D eigenvalue weighted by atomic mass is 10.1. The van der Waals surface area contributed by atoms with Gasteiger partial charge in [-0.3, -0.25) is 4.68 Å². The molecule has 0 atom stereocenters. The van der Waals surface area contributed by atoms with E-state index in [4.69, 9.17) is 11.6 Å². The number of rotatable bonds is 4. The fourth-order valence-electron chi connectivity index (χ4n) is 1.50. The first-order valence-corrected chi connectivity index (χ1v) is 5.60. The summed E-state index contributed by atoms with van der Waals surface area (Å²) in [7, 11) is 1.93. The molecule has 84 valence electrons. The number of nitrogens with one attached hydrogen (secondary N) is 1. The maximum absolute atomic E-state index is 5.84. The van der Waals surface area contributed by atoms with Crippen molar-refractivity contribution in [1.29, 1.82) is 0 Å². The molecule has 1 N–H and O–H groups in total. The van der Waals surface area contributed by atoms with Crippen molar-refractivity contribution in [1.82, 2.24) is 15.1 Å². The number of likely N-dealkylation sites (N-methyl/N-ethyl adjacent to an activating group) is 1. The number of aromatic nitrogens is 2. The van der Waals surface area contributed by atoms with Crippen molar-refractivity contribution in [3.63, 3.8) is 0 Å². The molecule has 3 nitrogen and oxygen atoms in total. The Kier molecular flexibility index (Phi) is 3.59. The third-order valence-electron chi connectivity index (χ3n) is 2.40. The summed E-state index contributed by atoms with van der Waals surface area (Å²) < 4.78 is 1.93. The van der Waals surface area contributed by atoms with Gasteiger partial charge in [0.1, 0.15) is 0 Å². The van der Waals surface area contributed by atoms with Crippen molar-refractivity contribution in [2.45, 2.75) is 6.54 Å². The number of benzene rings is 1. The summed E-state index contributed by atoms with van der Waals surface area (Å²) in [5.74, 6) is 0. The van der Waals surface area contributed by atoms with Crippen LogP contribution < -0.4 is 5.32 Å². The monoisotopic (exact) mass is 235 g/mol. The van der Waals surface area contributed by atoms with Crippen LogP contribution >= 0.6 is 11.6 Å². The van der Waals surface area contributed by atoms with E-state index in [0.29, 0.717) is 0 Å². The molecule has 2 aromatic rings. The van der Waals surface area contributed by atoms with Crippen LogP contribution in [0.25, 0.3) is 11.1 Å². The molecule has 0 saturated heterocycles. The van der Waals surface area contributed by atoms with Crippen LogP contribution in [0, 0.1) is 0 Å². The van der Waals surface area contributed by atoms with Gasteiger partial charge in [0.2, 0.25) is 0 Å². The lowest BCUT2D eigenvalue weighted by molar-refractivity contribution is 0.585. The van der Waals surface area contributed by atoms with Gasteiger partial charge in [-0.15, -0.1) is 0 Å². The molecular formula is C12H14ClN3. The summed E-state index contributed by atoms with van der Waals surface area (Å²) in [5.41, 5.74) is 2.26. The minimum atomic E-state index is 0.756. The van der Waals surface area contributed by atoms with Gasteiger partial charge in [-0.1, -0.05) is 23.7 Å². The fraction of sp³-hybridized carbons (Fsp3) is 0.250. The number of halogens is 1. The van der Waals surface area contributed by atoms with Crippen LogP contribution in [0.5, 0.6) is 0 Å². The summed E-state index contributed by atoms with van der Waals surface area (Å²) in [6.07, 6.45) is 3.92. The molecule has 2 rings (SSSR count). The third kappa shape index (κ3) is 2.62. The van der Waals surface area contributed by atoms with Gasteiger partial charge in [0.15, 0.2) is 0 Å². The molecule has 0 fully saturated rings. The van der Waals surface area contributed by atoms with Gasteiger partial charge >= 0.3 is 0 Å². The second-order valence-corrected chi connectivity index (χ2v) is 4.04. The summed E-state index contributed by atoms with van der Waals surface area (Å²) in [6, 6.07) is 7.78. The van der Waals surface area contributed by atoms with Crippen LogP contribution in [0.2, 0.25) is 5.02 Å². The minimum absolute atomic E-state index is 0.756. The molecule has 0 bridgehead atoms. The lowest BCUT2D eigenvalue weighted by Crippen LogP contribution is -2.14. The highest BCUT2D eigenvalue weighted by Crippen LogP contribution is 2.20. The van der Waals surface area contributed by atoms with Gasteiger partial charge in [0.25, 0.3) is 0 Å². The molecule has 16 heavy (non-hydrogen) atoms. The third-order valence-corrected chi connectivity index (χ3v) is 2.65. The lowest BCUT2D eigenvalue weighted by Gasteiger charge is -1.99. The summed E-state index contributed by atoms with van der Waals surface area (Å²) in [5, 5.41) is 8.15. The van der Waals surface area contributed by atoms with Crippen LogP contribution in [-0.4, -0.2) is 23.4 Å². The van der Waals surface area contributed by atoms with Gasteiger partial charge in [-0.25, -0.2) is 0 Å². The molecule has 0 aliphatic carbocycles. The molecule has 0 amide bonds. The molecule has 0 radical (unpaired) electrons. The zero-order chi connectivity index (χ0) is 11.4. The first kappa shape index (κ1) is 11.2. The zero-order valence-corrected chi connectivity index (χ0v) is 9.91. The highest BCUT2D eigenvalue weighted by molar-refractivity contribution is 6.30. The van der Waals surface area contributed by atoms with Crippen molar-refractivity contribution in [3.05, 3.63) is 41.7 Å². The summed E-state index contributed by atoms with van der Waals surface area (Å²) >= 11 is 5.84. The van der Waals surface area contributed by atoms with Gasteiger partial charge in [-0.2, -0.15) is 5.10 Å². The Morgan fingerprint density at radius 2 is 2.00 bits per heavy atom. The van der Waals surface area contributed by atoms with E-state index in [1.165, 1.54) is 0 Å². The molecule has 0 saturated carbocycles. The summed E-state index contributed by atoms with van der Waals surface area (Å²) in [4.78, 5) is 0. The Labute approximate surface area is 100 Å². The Morgan fingerprint density at radius 3 is 2.69 bits per heavy atom. The fourth-order valence-corrected chi connectivity index (χ4v) is 1.63. The average Bonchev–Trinajstić information content (AvgIpc) is 2.76. The van der Waals surface area contributed by atoms with Crippen LogP contribution in [-0.2, 0) is 6.54 Å². The van der Waals surface area contributed by atoms with Crippen LogP contribution in [0.3, 0.4) is 0 Å². The van der Waals surface area contributed by atoms with Gasteiger partial charge in [-0.05, 0) is 24.7 Å². The van der Waals surface area contributed by atoms with E-state index in [1.54, 1.807) is 0 Å². The SMILES string of the molecule is CNCCn1cc(-c2ccc(Cl)cc2)cn1. The number of nitrogens with zero attached hydrogens (tertiary/aromatic N) is 2. The Hall–Kier alpha value is -1.32. The number of hydrogen-bond donors (Lipinski definition) is 1. The van der Waals surface area contributed by atoms with E-state index >= 15 is 0 Å². The maximum atomic E-state index is 5.84. The van der Waals surface area contributed by atoms with E-state index in [-0.39, 0.29) is 0 Å². The molecule has 0 aliphatic rings. The normalized spacial score (nSPS) is 10.6. The second-order valence-electron chi connectivity index (χ2n) is 3.60. The Balaban J connectivity index is 2.15.